The second-order valence-corrected chi connectivity index (χ2v) is 17.6. The van der Waals surface area contributed by atoms with Crippen molar-refractivity contribution in [2.24, 2.45) is 0 Å². The summed E-state index contributed by atoms with van der Waals surface area (Å²) in [7, 11) is 0. The maximum atomic E-state index is 13.7. The summed E-state index contributed by atoms with van der Waals surface area (Å²) in [6.07, 6.45) is 1.80. The van der Waals surface area contributed by atoms with Crippen molar-refractivity contribution in [3.63, 3.8) is 0 Å². The van der Waals surface area contributed by atoms with Gasteiger partial charge in [-0.3, -0.25) is 0 Å². The van der Waals surface area contributed by atoms with Crippen LogP contribution in [0.5, 0.6) is 0 Å². The van der Waals surface area contributed by atoms with Gasteiger partial charge < -0.3 is 0 Å². The first-order valence-electron chi connectivity index (χ1n) is 11.3. The second-order valence-electron chi connectivity index (χ2n) is 8.30. The Bertz CT molecular complexity index is 985. The third kappa shape index (κ3) is 4.41. The van der Waals surface area contributed by atoms with Crippen LogP contribution < -0.4 is 5.09 Å². The molecule has 0 saturated carbocycles. The molecule has 1 unspecified atom stereocenters. The van der Waals surface area contributed by atoms with Gasteiger partial charge in [0.05, 0.1) is 0 Å². The van der Waals surface area contributed by atoms with E-state index in [-0.39, 0.29) is 11.9 Å². The molecule has 2 aliphatic heterocycles. The molecule has 2 aliphatic rings. The Morgan fingerprint density at radius 3 is 1.91 bits per heavy atom. The van der Waals surface area contributed by atoms with Crippen molar-refractivity contribution in [1.82, 2.24) is 9.99 Å². The van der Waals surface area contributed by atoms with E-state index < -0.39 is 11.1 Å². The number of rotatable bonds is 6. The molecular formula is C26H27N2O2PSSe. The first-order chi connectivity index (χ1) is 16.1. The first kappa shape index (κ1) is 23.1. The molecule has 0 aromatic heterocycles. The first-order valence-corrected chi connectivity index (χ1v) is 16.8. The third-order valence-electron chi connectivity index (χ3n) is 6.41. The van der Waals surface area contributed by atoms with Gasteiger partial charge in [0.15, 0.2) is 0 Å². The Morgan fingerprint density at radius 2 is 1.45 bits per heavy atom. The van der Waals surface area contributed by atoms with Crippen LogP contribution in [-0.2, 0) is 14.9 Å². The van der Waals surface area contributed by atoms with Gasteiger partial charge in [0.2, 0.25) is 0 Å². The molecule has 1 N–H and O–H groups in total. The molecule has 4 nitrogen and oxygen atoms in total. The van der Waals surface area contributed by atoms with Gasteiger partial charge in [-0.1, -0.05) is 0 Å². The van der Waals surface area contributed by atoms with Gasteiger partial charge in [-0.15, -0.1) is 0 Å². The van der Waals surface area contributed by atoms with Crippen LogP contribution in [0.2, 0.25) is 0 Å². The molecular weight excluding hydrogens is 514 g/mol. The molecule has 0 bridgehead atoms. The molecule has 170 valence electrons. The van der Waals surface area contributed by atoms with Crippen LogP contribution in [0.15, 0.2) is 91.0 Å². The number of benzene rings is 3. The normalized spacial score (nSPS) is 23.5. The average Bonchev–Trinajstić information content (AvgIpc) is 3.52. The quantitative estimate of drug-likeness (QED) is 0.266. The van der Waals surface area contributed by atoms with Gasteiger partial charge >= 0.3 is 209 Å². The molecule has 33 heavy (non-hydrogen) atoms. The third-order valence-corrected chi connectivity index (χ3v) is 13.5. The summed E-state index contributed by atoms with van der Waals surface area (Å²) in [5.74, 6) is 0.971. The van der Waals surface area contributed by atoms with E-state index in [1.165, 1.54) is 16.7 Å². The van der Waals surface area contributed by atoms with Gasteiger partial charge in [0.25, 0.3) is 0 Å². The zero-order valence-corrected chi connectivity index (χ0v) is 21.7. The standard InChI is InChI=1S/C26H27N2O2PSSe/c29-25(27-31(33)30-19-20-32-31)24-17-10-18-28(24)26(21-11-4-1-5-12-21,22-13-6-2-7-14-22)23-15-8-3-9-16-23/h1-9,11-16,24H,10,17-20H2,(H,27,29,33)/t24-,31?/m0/s1. The van der Waals surface area contributed by atoms with Crippen LogP contribution in [0.25, 0.3) is 0 Å². The molecule has 0 spiro atoms. The number of likely N-dealkylation sites (tertiary alicyclic amines) is 1. The number of nitrogens with zero attached hydrogens (tertiary/aromatic N) is 1. The van der Waals surface area contributed by atoms with Crippen LogP contribution in [0.1, 0.15) is 29.5 Å². The zero-order valence-electron chi connectivity index (χ0n) is 18.3. The van der Waals surface area contributed by atoms with E-state index in [1.54, 1.807) is 11.4 Å². The summed E-state index contributed by atoms with van der Waals surface area (Å²) in [6, 6.07) is 31.5. The molecule has 0 aliphatic carbocycles. The van der Waals surface area contributed by atoms with Gasteiger partial charge in [0.1, 0.15) is 0 Å². The Balaban J connectivity index is 1.66. The molecule has 2 atom stereocenters. The van der Waals surface area contributed by atoms with Crippen molar-refractivity contribution in [1.29, 1.82) is 0 Å². The number of nitrogens with one attached hydrogen (secondary N) is 1. The number of hydrogen-bond donors (Lipinski definition) is 1. The maximum absolute atomic E-state index is 13.7. The fourth-order valence-corrected chi connectivity index (χ4v) is 10.9. The van der Waals surface area contributed by atoms with Crippen molar-refractivity contribution < 1.29 is 9.32 Å². The van der Waals surface area contributed by atoms with Crippen LogP contribution in [0.4, 0.5) is 0 Å². The molecule has 2 fully saturated rings. The molecule has 2 saturated heterocycles. The molecule has 0 radical (unpaired) electrons. The number of carbonyl (C=O) groups is 1. The van der Waals surface area contributed by atoms with Crippen LogP contribution in [-0.4, -0.2) is 51.3 Å². The van der Waals surface area contributed by atoms with Crippen LogP contribution >= 0.6 is 16.9 Å². The summed E-state index contributed by atoms with van der Waals surface area (Å²) in [4.78, 5) is 16.1. The van der Waals surface area contributed by atoms with E-state index >= 15 is 0 Å². The van der Waals surface area contributed by atoms with Crippen molar-refractivity contribution in [2.45, 2.75) is 24.4 Å². The Kier molecular flexibility index (Phi) is 6.94. The van der Waals surface area contributed by atoms with E-state index in [2.05, 4.69) is 98.4 Å². The van der Waals surface area contributed by atoms with E-state index in [9.17, 15) is 4.79 Å². The topological polar surface area (TPSA) is 41.6 Å². The summed E-state index contributed by atoms with van der Waals surface area (Å²) in [6.45, 7) is 1.52. The second kappa shape index (κ2) is 9.91. The minimum atomic E-state index is -2.06. The molecule has 2 heterocycles. The average molecular weight is 542 g/mol. The molecule has 5 rings (SSSR count). The van der Waals surface area contributed by atoms with Crippen molar-refractivity contribution in [2.75, 3.05) is 18.9 Å². The SMILES string of the molecule is O=C(N[P+]1([Se-])OCCS1)[C@@H]1CCCN1C(c1ccccc1)(c1ccccc1)c1ccccc1. The Hall–Kier alpha value is -1.65. The zero-order chi connectivity index (χ0) is 22.7. The van der Waals surface area contributed by atoms with Gasteiger partial charge in [-0.05, 0) is 0 Å². The van der Waals surface area contributed by atoms with Crippen molar-refractivity contribution in [3.05, 3.63) is 108 Å². The summed E-state index contributed by atoms with van der Waals surface area (Å²) in [5.41, 5.74) is 0.871. The Labute approximate surface area is 208 Å². The fraction of sp³-hybridized carbons (Fsp3) is 0.269. The van der Waals surface area contributed by atoms with E-state index in [0.717, 1.165) is 25.1 Å². The van der Waals surface area contributed by atoms with E-state index in [1.807, 2.05) is 18.2 Å². The number of hydrogen-bond acceptors (Lipinski definition) is 4. The Morgan fingerprint density at radius 1 is 0.939 bits per heavy atom. The van der Waals surface area contributed by atoms with Gasteiger partial charge in [0, 0.05) is 0 Å². The van der Waals surface area contributed by atoms with Gasteiger partial charge in [-0.2, -0.15) is 0 Å². The molecule has 7 heteroatoms. The van der Waals surface area contributed by atoms with Crippen LogP contribution in [0, 0.1) is 0 Å². The minimum absolute atomic E-state index is 0.0566. The monoisotopic (exact) mass is 542 g/mol. The molecule has 3 aromatic carbocycles. The summed E-state index contributed by atoms with van der Waals surface area (Å²) >= 11 is 4.87. The summed E-state index contributed by atoms with van der Waals surface area (Å²) < 4.78 is 5.91. The van der Waals surface area contributed by atoms with Crippen LogP contribution in [0.3, 0.4) is 0 Å². The molecule has 3 aromatic rings. The molecule has 1 amide bonds. The number of amides is 1. The van der Waals surface area contributed by atoms with Crippen molar-refractivity contribution in [3.8, 4) is 0 Å². The number of carbonyl (C=O) groups excluding carboxylic acids is 1. The summed E-state index contributed by atoms with van der Waals surface area (Å²) in [5, 5.41) is 3.27. The fourth-order valence-electron chi connectivity index (χ4n) is 5.10. The van der Waals surface area contributed by atoms with Crippen molar-refractivity contribution >= 4 is 38.4 Å². The van der Waals surface area contributed by atoms with E-state index in [4.69, 9.17) is 4.52 Å². The predicted molar refractivity (Wildman–Crippen MR) is 138 cm³/mol. The predicted octanol–water partition coefficient (Wildman–Crippen LogP) is 5.17. The van der Waals surface area contributed by atoms with E-state index in [0.29, 0.717) is 6.61 Å². The van der Waals surface area contributed by atoms with Gasteiger partial charge in [-0.25, -0.2) is 0 Å².